The molecule has 1 aliphatic heterocycles. The van der Waals surface area contributed by atoms with Gasteiger partial charge in [-0.25, -0.2) is 0 Å². The van der Waals surface area contributed by atoms with Crippen molar-refractivity contribution in [2.45, 2.75) is 68.4 Å². The first-order valence-electron chi connectivity index (χ1n) is 15.8. The molecule has 0 unspecified atom stereocenters. The molecule has 0 radical (unpaired) electrons. The van der Waals surface area contributed by atoms with Gasteiger partial charge in [-0.2, -0.15) is 6.67 Å². The number of nitrogens with zero attached hydrogens (tertiary/aromatic N) is 2. The predicted octanol–water partition coefficient (Wildman–Crippen LogP) is 10.1. The van der Waals surface area contributed by atoms with Crippen LogP contribution in [0.25, 0.3) is 0 Å². The second kappa shape index (κ2) is 16.3. The molecule has 0 bridgehead atoms. The molecule has 0 saturated carbocycles. The van der Waals surface area contributed by atoms with E-state index in [2.05, 4.69) is 87.6 Å². The zero-order valence-corrected chi connectivity index (χ0v) is 32.1. The number of halogens is 2. The number of hydrogen-bond acceptors (Lipinski definition) is 4. The molecule has 4 aromatic carbocycles. The van der Waals surface area contributed by atoms with E-state index in [1.165, 1.54) is 44.8 Å². The van der Waals surface area contributed by atoms with Crippen molar-refractivity contribution in [1.82, 2.24) is 0 Å². The van der Waals surface area contributed by atoms with E-state index in [0.717, 1.165) is 24.2 Å². The zero-order valence-electron chi connectivity index (χ0n) is 28.8. The van der Waals surface area contributed by atoms with Gasteiger partial charge in [-0.15, -0.1) is 0 Å². The van der Waals surface area contributed by atoms with E-state index in [0.29, 0.717) is 17.0 Å². The fourth-order valence-electron chi connectivity index (χ4n) is 6.15. The summed E-state index contributed by atoms with van der Waals surface area (Å²) >= 11 is -2.01. The molecule has 1 aliphatic rings. The van der Waals surface area contributed by atoms with Crippen molar-refractivity contribution in [1.29, 1.82) is 0 Å². The fourth-order valence-corrected chi connectivity index (χ4v) is 7.93. The average Bonchev–Trinajstić information content (AvgIpc) is 3.42. The van der Waals surface area contributed by atoms with Crippen molar-refractivity contribution in [3.8, 4) is 5.75 Å². The summed E-state index contributed by atoms with van der Waals surface area (Å²) in [5, 5.41) is 2.89. The maximum absolute atomic E-state index is 12.3. The van der Waals surface area contributed by atoms with Gasteiger partial charge in [-0.05, 0) is 63.8 Å². The third kappa shape index (κ3) is 9.92. The summed E-state index contributed by atoms with van der Waals surface area (Å²) in [4.78, 5) is 17.1. The first-order chi connectivity index (χ1) is 22.2. The van der Waals surface area contributed by atoms with Gasteiger partial charge in [0.05, 0.1) is 0 Å². The summed E-state index contributed by atoms with van der Waals surface area (Å²) < 4.78 is 7.58. The molecule has 1 fully saturated rings. The first kappa shape index (κ1) is 36.7. The molecule has 5 nitrogen and oxygen atoms in total. The average molecular weight is 761 g/mol. The molecular weight excluding hydrogens is 714 g/mol. The molecule has 1 heterocycles. The van der Waals surface area contributed by atoms with E-state index >= 15 is 0 Å². The summed E-state index contributed by atoms with van der Waals surface area (Å²) in [6.07, 6.45) is 0.0384. The molecule has 0 atom stereocenters. The van der Waals surface area contributed by atoms with E-state index in [1.54, 1.807) is 18.2 Å². The van der Waals surface area contributed by atoms with Crippen molar-refractivity contribution in [2.24, 2.45) is 0 Å². The summed E-state index contributed by atoms with van der Waals surface area (Å²) in [5.74, 6) is 0.544. The van der Waals surface area contributed by atoms with Gasteiger partial charge < -0.3 is 9.80 Å². The van der Waals surface area contributed by atoms with Crippen LogP contribution in [0.3, 0.4) is 0 Å². The number of carbonyl (C=O) groups is 1. The zero-order chi connectivity index (χ0) is 34.4. The normalized spacial score (nSPS) is 12.9. The van der Waals surface area contributed by atoms with Crippen LogP contribution in [-0.2, 0) is 13.5 Å². The summed E-state index contributed by atoms with van der Waals surface area (Å²) in [6.45, 7) is 23.5. The van der Waals surface area contributed by atoms with Crippen LogP contribution in [0.4, 0.5) is 17.1 Å². The number of nitrogens with one attached hydrogen (secondary N) is 1. The Labute approximate surface area is 294 Å². The Hall–Kier alpha value is -3.18. The number of aryl methyl sites for hydroxylation is 7. The molecular formula is C39H46Cl2N3O2Ru-. The molecule has 5 rings (SSSR count). The van der Waals surface area contributed by atoms with Gasteiger partial charge in [-0.3, -0.25) is 0 Å². The van der Waals surface area contributed by atoms with Crippen LogP contribution in [0, 0.1) is 55.1 Å². The van der Waals surface area contributed by atoms with E-state index < -0.39 is 13.5 Å². The summed E-state index contributed by atoms with van der Waals surface area (Å²) in [5.41, 5.74) is 14.0. The Bertz CT molecular complexity index is 1660. The van der Waals surface area contributed by atoms with Gasteiger partial charge in [-0.1, -0.05) is 35.4 Å². The Morgan fingerprint density at radius 1 is 0.766 bits per heavy atom. The Morgan fingerprint density at radius 3 is 1.70 bits per heavy atom. The van der Waals surface area contributed by atoms with Crippen molar-refractivity contribution < 1.29 is 23.0 Å². The second-order valence-electron chi connectivity index (χ2n) is 12.5. The molecule has 0 spiro atoms. The van der Waals surface area contributed by atoms with Crippen LogP contribution in [0.5, 0.6) is 5.75 Å². The van der Waals surface area contributed by atoms with Crippen LogP contribution in [-0.4, -0.2) is 29.7 Å². The number of ether oxygens (including phenoxy) is 1. The number of benzene rings is 4. The van der Waals surface area contributed by atoms with E-state index in [4.69, 9.17) is 24.1 Å². The quantitative estimate of drug-likeness (QED) is 0.151. The van der Waals surface area contributed by atoms with Gasteiger partial charge in [0.15, 0.2) is 0 Å². The number of hydrogen-bond donors (Lipinski definition) is 1. The van der Waals surface area contributed by atoms with Crippen LogP contribution in [0.1, 0.15) is 68.7 Å². The summed E-state index contributed by atoms with van der Waals surface area (Å²) in [7, 11) is 12.0. The molecule has 0 aromatic heterocycles. The van der Waals surface area contributed by atoms with Crippen LogP contribution in [0.15, 0.2) is 66.7 Å². The van der Waals surface area contributed by atoms with E-state index in [-0.39, 0.29) is 12.0 Å². The standard InChI is InChI=1S/C21H27N2.C18H19NO2.2ClH.Ru/c1-14-9-16(3)20(17(4)10-14)22-7-8-23(13-22)21-18(5)11-15(2)12-19(21)6;1-12(2)21-17-10-9-16(11-14(17)4)19-18(20)15-7-5-13(3)6-8-15;;;/h9-13H,7-8H2,1-6H3;4-12H,1-3H3,(H,19,20);2*1H;/q-1;;;;+2/p-2. The molecule has 1 saturated heterocycles. The fraction of sp³-hybridized carbons (Fsp3) is 0.308. The van der Waals surface area contributed by atoms with Crippen LogP contribution >= 0.6 is 19.4 Å². The molecule has 8 heteroatoms. The van der Waals surface area contributed by atoms with Gasteiger partial charge in [0.2, 0.25) is 0 Å². The Morgan fingerprint density at radius 2 is 1.26 bits per heavy atom. The number of anilines is 3. The Balaban J connectivity index is 0.000000213. The molecule has 47 heavy (non-hydrogen) atoms. The van der Waals surface area contributed by atoms with Gasteiger partial charge in [0, 0.05) is 24.5 Å². The molecule has 0 aliphatic carbocycles. The van der Waals surface area contributed by atoms with Crippen molar-refractivity contribution in [3.63, 3.8) is 0 Å². The predicted molar refractivity (Wildman–Crippen MR) is 199 cm³/mol. The van der Waals surface area contributed by atoms with Gasteiger partial charge in [0.1, 0.15) is 0 Å². The topological polar surface area (TPSA) is 44.8 Å². The minimum atomic E-state index is -2.01. The SMILES string of the molecule is Cc1cc(C)c(N2[CH-]N(c3c(C)cc(C)cc3C)CC2)c(C)c1.Cc1ccc(C(=O)Nc2ccc(OC(C)C)c([CH]=[Ru]([Cl])[Cl])c2)cc1. The summed E-state index contributed by atoms with van der Waals surface area (Å²) in [6, 6.07) is 22.0. The molecule has 1 amide bonds. The van der Waals surface area contributed by atoms with E-state index in [1.807, 2.05) is 49.6 Å². The molecule has 4 aromatic rings. The first-order valence-corrected chi connectivity index (χ1v) is 21.3. The van der Waals surface area contributed by atoms with Gasteiger partial charge in [0.25, 0.3) is 0 Å². The van der Waals surface area contributed by atoms with E-state index in [9.17, 15) is 4.79 Å². The van der Waals surface area contributed by atoms with Crippen molar-refractivity contribution in [2.75, 3.05) is 28.2 Å². The van der Waals surface area contributed by atoms with Crippen molar-refractivity contribution >= 4 is 47.0 Å². The molecule has 1 N–H and O–H groups in total. The number of rotatable bonds is 7. The van der Waals surface area contributed by atoms with Gasteiger partial charge >= 0.3 is 156 Å². The van der Waals surface area contributed by atoms with Crippen LogP contribution in [0.2, 0.25) is 0 Å². The number of amides is 1. The van der Waals surface area contributed by atoms with Crippen molar-refractivity contribution in [3.05, 3.63) is 123 Å². The minimum absolute atomic E-state index is 0.0384. The third-order valence-electron chi connectivity index (χ3n) is 7.84. The second-order valence-corrected chi connectivity index (χ2v) is 18.3. The number of carbonyl (C=O) groups excluding carboxylic acids is 1. The Kier molecular flexibility index (Phi) is 12.7. The maximum atomic E-state index is 12.3. The molecule has 252 valence electrons. The monoisotopic (exact) mass is 760 g/mol. The third-order valence-corrected chi connectivity index (χ3v) is 9.67. The van der Waals surface area contributed by atoms with Crippen LogP contribution < -0.4 is 19.9 Å².